The zero-order valence-electron chi connectivity index (χ0n) is 10.4. The number of aromatic carboxylic acids is 1. The van der Waals surface area contributed by atoms with E-state index in [1.165, 1.54) is 13.2 Å². The highest BCUT2D eigenvalue weighted by molar-refractivity contribution is 5.86. The van der Waals surface area contributed by atoms with Crippen molar-refractivity contribution in [2.75, 3.05) is 7.11 Å². The maximum absolute atomic E-state index is 13.5. The van der Waals surface area contributed by atoms with Gasteiger partial charge in [-0.3, -0.25) is 0 Å². The molecular formula is C12H7F4NO4. The fourth-order valence-electron chi connectivity index (χ4n) is 1.58. The SMILES string of the molecule is COc1ccc(-c2nc(C(F)(F)F)c(C(=O)O)o2)cc1F. The highest BCUT2D eigenvalue weighted by Crippen LogP contribution is 2.35. The maximum atomic E-state index is 13.5. The number of nitrogens with zero attached hydrogens (tertiary/aromatic N) is 1. The molecule has 0 radical (unpaired) electrons. The number of oxazole rings is 1. The largest absolute Gasteiger partial charge is 0.494 e. The van der Waals surface area contributed by atoms with E-state index in [1.54, 1.807) is 0 Å². The number of hydrogen-bond donors (Lipinski definition) is 1. The first-order valence-corrected chi connectivity index (χ1v) is 5.39. The third-order valence-corrected chi connectivity index (χ3v) is 2.49. The van der Waals surface area contributed by atoms with Crippen molar-refractivity contribution in [2.45, 2.75) is 6.18 Å². The molecule has 0 spiro atoms. The zero-order chi connectivity index (χ0) is 15.8. The summed E-state index contributed by atoms with van der Waals surface area (Å²) in [5, 5.41) is 8.70. The second-order valence-corrected chi connectivity index (χ2v) is 3.85. The number of benzene rings is 1. The Labute approximate surface area is 114 Å². The predicted molar refractivity (Wildman–Crippen MR) is 60.4 cm³/mol. The highest BCUT2D eigenvalue weighted by Gasteiger charge is 2.41. The second kappa shape index (κ2) is 5.08. The van der Waals surface area contributed by atoms with E-state index in [9.17, 15) is 22.4 Å². The summed E-state index contributed by atoms with van der Waals surface area (Å²) < 4.78 is 60.7. The molecule has 0 aliphatic carbocycles. The Hall–Kier alpha value is -2.58. The van der Waals surface area contributed by atoms with E-state index in [0.717, 1.165) is 12.1 Å². The van der Waals surface area contributed by atoms with Gasteiger partial charge >= 0.3 is 12.1 Å². The van der Waals surface area contributed by atoms with Crippen LogP contribution in [-0.2, 0) is 6.18 Å². The lowest BCUT2D eigenvalue weighted by Crippen LogP contribution is -2.11. The summed E-state index contributed by atoms with van der Waals surface area (Å²) >= 11 is 0. The van der Waals surface area contributed by atoms with E-state index in [-0.39, 0.29) is 11.3 Å². The van der Waals surface area contributed by atoms with Gasteiger partial charge in [0.25, 0.3) is 0 Å². The summed E-state index contributed by atoms with van der Waals surface area (Å²) in [4.78, 5) is 13.8. The molecule has 0 unspecified atom stereocenters. The Bertz CT molecular complexity index is 693. The van der Waals surface area contributed by atoms with Gasteiger partial charge in [-0.2, -0.15) is 13.2 Å². The van der Waals surface area contributed by atoms with Gasteiger partial charge in [0.05, 0.1) is 7.11 Å². The number of alkyl halides is 3. The molecule has 2 aromatic rings. The molecule has 0 amide bonds. The van der Waals surface area contributed by atoms with Gasteiger partial charge < -0.3 is 14.3 Å². The molecule has 1 aromatic carbocycles. The molecule has 1 aromatic heterocycles. The first kappa shape index (κ1) is 14.8. The van der Waals surface area contributed by atoms with Gasteiger partial charge in [-0.1, -0.05) is 0 Å². The van der Waals surface area contributed by atoms with E-state index in [2.05, 4.69) is 14.1 Å². The van der Waals surface area contributed by atoms with Crippen molar-refractivity contribution < 1.29 is 36.6 Å². The van der Waals surface area contributed by atoms with Crippen LogP contribution < -0.4 is 4.74 Å². The summed E-state index contributed by atoms with van der Waals surface area (Å²) in [6.07, 6.45) is -5.00. The van der Waals surface area contributed by atoms with E-state index < -0.39 is 35.3 Å². The molecule has 112 valence electrons. The van der Waals surface area contributed by atoms with Crippen molar-refractivity contribution in [2.24, 2.45) is 0 Å². The number of carboxylic acid groups (broad SMARTS) is 1. The van der Waals surface area contributed by atoms with Crippen LogP contribution in [0.4, 0.5) is 17.6 Å². The Morgan fingerprint density at radius 2 is 2.05 bits per heavy atom. The molecule has 9 heteroatoms. The fraction of sp³-hybridized carbons (Fsp3) is 0.167. The van der Waals surface area contributed by atoms with Crippen molar-refractivity contribution in [1.82, 2.24) is 4.98 Å². The number of methoxy groups -OCH3 is 1. The molecule has 0 atom stereocenters. The van der Waals surface area contributed by atoms with Gasteiger partial charge in [0.1, 0.15) is 0 Å². The molecule has 5 nitrogen and oxygen atoms in total. The topological polar surface area (TPSA) is 72.6 Å². The van der Waals surface area contributed by atoms with Crippen molar-refractivity contribution in [3.05, 3.63) is 35.5 Å². The fourth-order valence-corrected chi connectivity index (χ4v) is 1.58. The quantitative estimate of drug-likeness (QED) is 0.882. The Balaban J connectivity index is 2.55. The molecule has 21 heavy (non-hydrogen) atoms. The number of aromatic nitrogens is 1. The van der Waals surface area contributed by atoms with E-state index in [4.69, 9.17) is 5.11 Å². The van der Waals surface area contributed by atoms with Crippen LogP contribution in [0.3, 0.4) is 0 Å². The average molecular weight is 305 g/mol. The van der Waals surface area contributed by atoms with Crippen molar-refractivity contribution >= 4 is 5.97 Å². The first-order valence-electron chi connectivity index (χ1n) is 5.39. The number of carbonyl (C=O) groups is 1. The molecule has 2 rings (SSSR count). The normalized spacial score (nSPS) is 11.5. The molecule has 1 N–H and O–H groups in total. The minimum Gasteiger partial charge on any atom is -0.494 e. The van der Waals surface area contributed by atoms with Crippen LogP contribution in [0, 0.1) is 5.82 Å². The van der Waals surface area contributed by atoms with E-state index in [1.807, 2.05) is 0 Å². The summed E-state index contributed by atoms with van der Waals surface area (Å²) in [5.74, 6) is -4.90. The molecule has 0 aliphatic rings. The van der Waals surface area contributed by atoms with Crippen LogP contribution in [0.15, 0.2) is 22.6 Å². The Morgan fingerprint density at radius 1 is 1.38 bits per heavy atom. The van der Waals surface area contributed by atoms with Gasteiger partial charge in [0.15, 0.2) is 17.3 Å². The third-order valence-electron chi connectivity index (χ3n) is 2.49. The van der Waals surface area contributed by atoms with Crippen LogP contribution in [0.2, 0.25) is 0 Å². The zero-order valence-corrected chi connectivity index (χ0v) is 10.4. The number of rotatable bonds is 3. The molecule has 1 heterocycles. The lowest BCUT2D eigenvalue weighted by Gasteiger charge is -2.02. The number of carboxylic acids is 1. The average Bonchev–Trinajstić information content (AvgIpc) is 2.83. The minimum absolute atomic E-state index is 0.125. The van der Waals surface area contributed by atoms with E-state index >= 15 is 0 Å². The standard InChI is InChI=1S/C12H7F4NO4/c1-20-7-3-2-5(4-6(7)13)10-17-9(12(14,15)16)8(21-10)11(18)19/h2-4H,1H3,(H,18,19). The first-order chi connectivity index (χ1) is 9.74. The monoisotopic (exact) mass is 305 g/mol. The van der Waals surface area contributed by atoms with Crippen LogP contribution in [0.1, 0.15) is 16.2 Å². The van der Waals surface area contributed by atoms with Gasteiger partial charge in [-0.05, 0) is 18.2 Å². The Kier molecular flexibility index (Phi) is 3.58. The van der Waals surface area contributed by atoms with Crippen LogP contribution in [0.5, 0.6) is 5.75 Å². The predicted octanol–water partition coefficient (Wildman–Crippen LogP) is 3.21. The minimum atomic E-state index is -5.00. The molecule has 0 saturated heterocycles. The van der Waals surface area contributed by atoms with Crippen LogP contribution in [0.25, 0.3) is 11.5 Å². The maximum Gasteiger partial charge on any atom is 0.437 e. The highest BCUT2D eigenvalue weighted by atomic mass is 19.4. The van der Waals surface area contributed by atoms with Gasteiger partial charge in [0.2, 0.25) is 11.7 Å². The van der Waals surface area contributed by atoms with Crippen LogP contribution in [-0.4, -0.2) is 23.2 Å². The number of hydrogen-bond acceptors (Lipinski definition) is 4. The molecule has 0 bridgehead atoms. The Morgan fingerprint density at radius 3 is 2.48 bits per heavy atom. The molecule has 0 aliphatic heterocycles. The number of halogens is 4. The lowest BCUT2D eigenvalue weighted by molar-refractivity contribution is -0.141. The second-order valence-electron chi connectivity index (χ2n) is 3.85. The molecular weight excluding hydrogens is 298 g/mol. The number of ether oxygens (including phenoxy) is 1. The van der Waals surface area contributed by atoms with Crippen LogP contribution >= 0.6 is 0 Å². The third kappa shape index (κ3) is 2.81. The van der Waals surface area contributed by atoms with Crippen molar-refractivity contribution in [3.8, 4) is 17.2 Å². The van der Waals surface area contributed by atoms with Gasteiger partial charge in [-0.25, -0.2) is 14.2 Å². The van der Waals surface area contributed by atoms with Crippen molar-refractivity contribution in [3.63, 3.8) is 0 Å². The van der Waals surface area contributed by atoms with Crippen molar-refractivity contribution in [1.29, 1.82) is 0 Å². The summed E-state index contributed by atoms with van der Waals surface area (Å²) in [5.41, 5.74) is -1.83. The molecule has 0 saturated carbocycles. The van der Waals surface area contributed by atoms with Gasteiger partial charge in [-0.15, -0.1) is 0 Å². The molecule has 0 fully saturated rings. The summed E-state index contributed by atoms with van der Waals surface area (Å²) in [6, 6.07) is 3.18. The van der Waals surface area contributed by atoms with Gasteiger partial charge in [0, 0.05) is 5.56 Å². The van der Waals surface area contributed by atoms with E-state index in [0.29, 0.717) is 0 Å². The summed E-state index contributed by atoms with van der Waals surface area (Å²) in [7, 11) is 1.22. The summed E-state index contributed by atoms with van der Waals surface area (Å²) in [6.45, 7) is 0. The smallest absolute Gasteiger partial charge is 0.437 e. The lowest BCUT2D eigenvalue weighted by atomic mass is 10.2.